The van der Waals surface area contributed by atoms with Crippen molar-refractivity contribution in [1.82, 2.24) is 15.5 Å². The van der Waals surface area contributed by atoms with E-state index in [1.807, 2.05) is 31.4 Å². The number of thiophene rings is 1. The average Bonchev–Trinajstić information content (AvgIpc) is 3.22. The topological polar surface area (TPSA) is 81.2 Å². The number of nitrogens with zero attached hydrogens (tertiary/aromatic N) is 2. The van der Waals surface area contributed by atoms with Crippen LogP contribution in [0.4, 0.5) is 0 Å². The number of amides is 1. The molecule has 3 rings (SSSR count). The maximum atomic E-state index is 12.3. The molecule has 0 radical (unpaired) electrons. The zero-order chi connectivity index (χ0) is 15.5. The van der Waals surface area contributed by atoms with Crippen molar-refractivity contribution in [2.45, 2.75) is 20.3 Å². The van der Waals surface area contributed by atoms with E-state index in [1.54, 1.807) is 0 Å². The summed E-state index contributed by atoms with van der Waals surface area (Å²) in [5.74, 6) is 1.04. The Labute approximate surface area is 131 Å². The lowest BCUT2D eigenvalue weighted by Gasteiger charge is -2.04. The van der Waals surface area contributed by atoms with Gasteiger partial charge < -0.3 is 14.3 Å². The molecule has 0 saturated carbocycles. The van der Waals surface area contributed by atoms with E-state index >= 15 is 0 Å². The molecule has 7 heteroatoms. The first-order chi connectivity index (χ1) is 10.7. The molecule has 1 N–H and O–H groups in total. The number of oxazole rings is 1. The quantitative estimate of drug-likeness (QED) is 0.782. The van der Waals surface area contributed by atoms with Gasteiger partial charge in [0.15, 0.2) is 17.8 Å². The van der Waals surface area contributed by atoms with Crippen molar-refractivity contribution in [1.29, 1.82) is 0 Å². The highest BCUT2D eigenvalue weighted by molar-refractivity contribution is 7.13. The summed E-state index contributed by atoms with van der Waals surface area (Å²) in [6.45, 7) is 4.24. The third kappa shape index (κ3) is 2.80. The van der Waals surface area contributed by atoms with Crippen LogP contribution in [0.1, 0.15) is 27.5 Å². The molecule has 6 nitrogen and oxygen atoms in total. The van der Waals surface area contributed by atoms with E-state index in [4.69, 9.17) is 8.94 Å². The summed E-state index contributed by atoms with van der Waals surface area (Å²) in [6, 6.07) is 3.80. The van der Waals surface area contributed by atoms with Gasteiger partial charge >= 0.3 is 0 Å². The number of carbonyl (C=O) groups is 1. The van der Waals surface area contributed by atoms with E-state index < -0.39 is 0 Å². The lowest BCUT2D eigenvalue weighted by molar-refractivity contribution is 0.0950. The fourth-order valence-corrected chi connectivity index (χ4v) is 2.95. The third-order valence-corrected chi connectivity index (χ3v) is 4.24. The van der Waals surface area contributed by atoms with Crippen LogP contribution >= 0.6 is 11.3 Å². The third-order valence-electron chi connectivity index (χ3n) is 3.37. The molecule has 0 aromatic carbocycles. The number of carbonyl (C=O) groups excluding carboxylic acids is 1. The Kier molecular flexibility index (Phi) is 4.06. The summed E-state index contributed by atoms with van der Waals surface area (Å²) in [6.07, 6.45) is 1.96. The van der Waals surface area contributed by atoms with Crippen LogP contribution in [-0.2, 0) is 6.42 Å². The first kappa shape index (κ1) is 14.5. The van der Waals surface area contributed by atoms with Crippen LogP contribution in [0.5, 0.6) is 0 Å². The minimum absolute atomic E-state index is 0.246. The number of rotatable bonds is 5. The average molecular weight is 317 g/mol. The second-order valence-electron chi connectivity index (χ2n) is 4.82. The minimum Gasteiger partial charge on any atom is -0.442 e. The van der Waals surface area contributed by atoms with Crippen molar-refractivity contribution in [2.24, 2.45) is 0 Å². The van der Waals surface area contributed by atoms with Crippen molar-refractivity contribution >= 4 is 17.2 Å². The van der Waals surface area contributed by atoms with E-state index in [2.05, 4.69) is 15.5 Å². The molecule has 0 saturated heterocycles. The maximum Gasteiger partial charge on any atom is 0.273 e. The fraction of sp³-hybridized carbons (Fsp3) is 0.267. The monoisotopic (exact) mass is 317 g/mol. The van der Waals surface area contributed by atoms with Crippen LogP contribution < -0.4 is 5.32 Å². The zero-order valence-corrected chi connectivity index (χ0v) is 13.1. The molecule has 0 bridgehead atoms. The van der Waals surface area contributed by atoms with Gasteiger partial charge in [-0.25, -0.2) is 4.98 Å². The molecule has 22 heavy (non-hydrogen) atoms. The molecule has 3 aromatic rings. The summed E-state index contributed by atoms with van der Waals surface area (Å²) < 4.78 is 10.4. The van der Waals surface area contributed by atoms with Crippen molar-refractivity contribution in [2.75, 3.05) is 6.54 Å². The Balaban J connectivity index is 1.65. The van der Waals surface area contributed by atoms with E-state index in [1.165, 1.54) is 17.7 Å². The Hall–Kier alpha value is -2.41. The molecule has 0 fully saturated rings. The highest BCUT2D eigenvalue weighted by Crippen LogP contribution is 2.27. The van der Waals surface area contributed by atoms with Gasteiger partial charge in [-0.15, -0.1) is 11.3 Å². The van der Waals surface area contributed by atoms with Gasteiger partial charge in [0.1, 0.15) is 5.76 Å². The molecule has 0 atom stereocenters. The summed E-state index contributed by atoms with van der Waals surface area (Å²) in [5.41, 5.74) is 2.19. The lowest BCUT2D eigenvalue weighted by atomic mass is 10.1. The van der Waals surface area contributed by atoms with E-state index in [0.717, 1.165) is 21.9 Å². The van der Waals surface area contributed by atoms with E-state index in [9.17, 15) is 4.79 Å². The number of hydrogen-bond acceptors (Lipinski definition) is 6. The largest absolute Gasteiger partial charge is 0.442 e. The van der Waals surface area contributed by atoms with Crippen LogP contribution in [0.15, 0.2) is 32.8 Å². The highest BCUT2D eigenvalue weighted by Gasteiger charge is 2.19. The molecular weight excluding hydrogens is 302 g/mol. The number of nitrogens with one attached hydrogen (secondary N) is 1. The van der Waals surface area contributed by atoms with Crippen LogP contribution in [0.25, 0.3) is 10.6 Å². The Bertz CT molecular complexity index is 754. The van der Waals surface area contributed by atoms with Crippen LogP contribution in [-0.4, -0.2) is 22.6 Å². The van der Waals surface area contributed by atoms with Gasteiger partial charge in [0.05, 0.1) is 10.6 Å². The van der Waals surface area contributed by atoms with Crippen molar-refractivity contribution in [3.8, 4) is 10.6 Å². The SMILES string of the molecule is Cc1noc(C)c1CCNC(=O)c1ncoc1-c1cccs1. The molecule has 0 aliphatic heterocycles. The summed E-state index contributed by atoms with van der Waals surface area (Å²) in [4.78, 5) is 17.2. The van der Waals surface area contributed by atoms with Crippen molar-refractivity contribution in [3.05, 3.63) is 46.6 Å². The Morgan fingerprint density at radius 2 is 2.27 bits per heavy atom. The van der Waals surface area contributed by atoms with Crippen LogP contribution in [0.2, 0.25) is 0 Å². The van der Waals surface area contributed by atoms with Gasteiger partial charge in [0.2, 0.25) is 0 Å². The highest BCUT2D eigenvalue weighted by atomic mass is 32.1. The van der Waals surface area contributed by atoms with Gasteiger partial charge in [-0.1, -0.05) is 11.2 Å². The normalized spacial score (nSPS) is 10.8. The van der Waals surface area contributed by atoms with Crippen LogP contribution in [0.3, 0.4) is 0 Å². The minimum atomic E-state index is -0.246. The number of aromatic nitrogens is 2. The fourth-order valence-electron chi connectivity index (χ4n) is 2.23. The lowest BCUT2D eigenvalue weighted by Crippen LogP contribution is -2.26. The first-order valence-electron chi connectivity index (χ1n) is 6.84. The van der Waals surface area contributed by atoms with E-state index in [-0.39, 0.29) is 5.91 Å². The van der Waals surface area contributed by atoms with Crippen LogP contribution in [0, 0.1) is 13.8 Å². The predicted octanol–water partition coefficient (Wildman–Crippen LogP) is 2.98. The first-order valence-corrected chi connectivity index (χ1v) is 7.72. The number of hydrogen-bond donors (Lipinski definition) is 1. The number of aryl methyl sites for hydroxylation is 2. The standard InChI is InChI=1S/C15H15N3O3S/c1-9-11(10(2)21-18-9)5-6-16-15(19)13-14(20-8-17-13)12-4-3-7-22-12/h3-4,7-8H,5-6H2,1-2H3,(H,16,19). The molecule has 0 aliphatic rings. The summed E-state index contributed by atoms with van der Waals surface area (Å²) in [5, 5.41) is 8.68. The summed E-state index contributed by atoms with van der Waals surface area (Å²) >= 11 is 1.50. The molecular formula is C15H15N3O3S. The van der Waals surface area contributed by atoms with Gasteiger partial charge in [0.25, 0.3) is 5.91 Å². The van der Waals surface area contributed by atoms with Gasteiger partial charge in [0, 0.05) is 12.1 Å². The van der Waals surface area contributed by atoms with Gasteiger partial charge in [-0.3, -0.25) is 4.79 Å². The zero-order valence-electron chi connectivity index (χ0n) is 12.3. The van der Waals surface area contributed by atoms with Crippen molar-refractivity contribution < 1.29 is 13.7 Å². The summed E-state index contributed by atoms with van der Waals surface area (Å²) in [7, 11) is 0. The molecule has 1 amide bonds. The molecule has 0 aliphatic carbocycles. The van der Waals surface area contributed by atoms with E-state index in [0.29, 0.717) is 24.4 Å². The predicted molar refractivity (Wildman–Crippen MR) is 81.8 cm³/mol. The maximum absolute atomic E-state index is 12.3. The molecule has 0 spiro atoms. The molecule has 3 aromatic heterocycles. The van der Waals surface area contributed by atoms with Gasteiger partial charge in [-0.05, 0) is 31.7 Å². The Morgan fingerprint density at radius 1 is 1.41 bits per heavy atom. The second-order valence-corrected chi connectivity index (χ2v) is 5.76. The molecule has 0 unspecified atom stereocenters. The smallest absolute Gasteiger partial charge is 0.273 e. The molecule has 3 heterocycles. The van der Waals surface area contributed by atoms with Crippen molar-refractivity contribution in [3.63, 3.8) is 0 Å². The second kappa shape index (κ2) is 6.15. The van der Waals surface area contributed by atoms with Gasteiger partial charge in [-0.2, -0.15) is 0 Å². The Morgan fingerprint density at radius 3 is 2.95 bits per heavy atom. The molecule has 114 valence electrons.